The molecule has 0 fully saturated rings. The molecule has 0 aliphatic heterocycles. The third kappa shape index (κ3) is 3.93. The molecule has 32 heavy (non-hydrogen) atoms. The Morgan fingerprint density at radius 3 is 2.59 bits per heavy atom. The van der Waals surface area contributed by atoms with Gasteiger partial charge in [0.1, 0.15) is 5.69 Å². The van der Waals surface area contributed by atoms with E-state index < -0.39 is 10.0 Å². The number of para-hydroxylation sites is 1. The molecule has 2 heterocycles. The van der Waals surface area contributed by atoms with Crippen LogP contribution < -0.4 is 14.8 Å². The minimum atomic E-state index is -4.04. The third-order valence-electron chi connectivity index (χ3n) is 5.56. The number of fused-ring (bicyclic) bond motifs is 1. The zero-order valence-corrected chi connectivity index (χ0v) is 19.2. The lowest BCUT2D eigenvalue weighted by Crippen LogP contribution is -2.20. The van der Waals surface area contributed by atoms with Gasteiger partial charge in [-0.15, -0.1) is 0 Å². The first-order valence-corrected chi connectivity index (χ1v) is 11.7. The molecule has 0 spiro atoms. The Morgan fingerprint density at radius 1 is 1.19 bits per heavy atom. The lowest BCUT2D eigenvalue weighted by Gasteiger charge is -2.15. The summed E-state index contributed by atoms with van der Waals surface area (Å²) in [5.41, 5.74) is 4.67. The average Bonchev–Trinajstić information content (AvgIpc) is 3.30. The monoisotopic (exact) mass is 455 g/mol. The molecule has 3 aromatic rings. The summed E-state index contributed by atoms with van der Waals surface area (Å²) in [6.07, 6.45) is 3.99. The van der Waals surface area contributed by atoms with E-state index in [9.17, 15) is 13.2 Å². The predicted octanol–water partition coefficient (Wildman–Crippen LogP) is 2.98. The van der Waals surface area contributed by atoms with Gasteiger partial charge in [0, 0.05) is 12.6 Å². The van der Waals surface area contributed by atoms with Gasteiger partial charge in [0.2, 0.25) is 5.88 Å². The number of carbonyl (C=O) groups excluding carboxylic acids is 1. The number of hydrogen-bond acceptors (Lipinski definition) is 6. The van der Waals surface area contributed by atoms with E-state index >= 15 is 0 Å². The first-order chi connectivity index (χ1) is 15.2. The predicted molar refractivity (Wildman–Crippen MR) is 121 cm³/mol. The molecule has 9 nitrogen and oxygen atoms in total. The molecular formula is C22H25N5O4S. The number of hydrogen-bond donors (Lipinski definition) is 2. The number of carbonyl (C=O) groups is 1. The summed E-state index contributed by atoms with van der Waals surface area (Å²) in [5.74, 6) is -0.427. The molecule has 2 N–H and O–H groups in total. The smallest absolute Gasteiger partial charge is 0.274 e. The number of aromatic nitrogens is 3. The summed E-state index contributed by atoms with van der Waals surface area (Å²) in [6.45, 7) is 3.65. The van der Waals surface area contributed by atoms with E-state index in [1.54, 1.807) is 11.7 Å². The van der Waals surface area contributed by atoms with Gasteiger partial charge in [-0.25, -0.2) is 13.4 Å². The maximum absolute atomic E-state index is 13.2. The zero-order chi connectivity index (χ0) is 23.0. The summed E-state index contributed by atoms with van der Waals surface area (Å²) in [7, 11) is -0.966. The number of nitrogens with zero attached hydrogens (tertiary/aromatic N) is 3. The van der Waals surface area contributed by atoms with Crippen LogP contribution in [0, 0.1) is 13.8 Å². The number of aryl methyl sites for hydroxylation is 4. The van der Waals surface area contributed by atoms with E-state index in [-0.39, 0.29) is 22.4 Å². The van der Waals surface area contributed by atoms with E-state index in [1.165, 1.54) is 19.4 Å². The molecule has 1 aliphatic carbocycles. The van der Waals surface area contributed by atoms with Crippen molar-refractivity contribution in [3.05, 3.63) is 58.5 Å². The Hall–Kier alpha value is -3.40. The van der Waals surface area contributed by atoms with Crippen molar-refractivity contribution in [2.75, 3.05) is 17.1 Å². The highest BCUT2D eigenvalue weighted by atomic mass is 32.2. The number of amides is 1. The fraction of sp³-hybridized carbons (Fsp3) is 0.318. The van der Waals surface area contributed by atoms with E-state index in [1.807, 2.05) is 32.0 Å². The molecule has 1 aliphatic rings. The Morgan fingerprint density at radius 2 is 1.91 bits per heavy atom. The lowest BCUT2D eigenvalue weighted by atomic mass is 10.1. The van der Waals surface area contributed by atoms with E-state index in [0.29, 0.717) is 11.4 Å². The van der Waals surface area contributed by atoms with Crippen molar-refractivity contribution in [2.24, 2.45) is 7.05 Å². The molecule has 0 bridgehead atoms. The van der Waals surface area contributed by atoms with Crippen molar-refractivity contribution < 1.29 is 17.9 Å². The fourth-order valence-electron chi connectivity index (χ4n) is 4.00. The molecule has 0 radical (unpaired) electrons. The van der Waals surface area contributed by atoms with Crippen LogP contribution in [-0.2, 0) is 29.9 Å². The maximum atomic E-state index is 13.2. The highest BCUT2D eigenvalue weighted by Gasteiger charge is 2.27. The standard InChI is InChI=1S/C22H25N5O4S/c1-13-7-5-8-14(2)19(13)26-32(29,30)18-11-15(12-23-22(18)31-4)24-21(28)20-16-9-6-10-17(16)25-27(20)3/h5,7-8,11-12,26H,6,9-10H2,1-4H3,(H,24,28). The van der Waals surface area contributed by atoms with Crippen LogP contribution in [0.25, 0.3) is 0 Å². The van der Waals surface area contributed by atoms with Crippen molar-refractivity contribution in [1.82, 2.24) is 14.8 Å². The van der Waals surface area contributed by atoms with Crippen molar-refractivity contribution >= 4 is 27.3 Å². The molecule has 4 rings (SSSR count). The van der Waals surface area contributed by atoms with E-state index in [4.69, 9.17) is 4.74 Å². The topological polar surface area (TPSA) is 115 Å². The number of sulfonamides is 1. The molecular weight excluding hydrogens is 430 g/mol. The van der Waals surface area contributed by atoms with E-state index in [2.05, 4.69) is 20.1 Å². The Bertz CT molecular complexity index is 1290. The van der Waals surface area contributed by atoms with Gasteiger partial charge >= 0.3 is 0 Å². The molecule has 0 saturated heterocycles. The Balaban J connectivity index is 1.67. The highest BCUT2D eigenvalue weighted by Crippen LogP contribution is 2.30. The second kappa shape index (κ2) is 8.27. The van der Waals surface area contributed by atoms with Crippen LogP contribution in [0.2, 0.25) is 0 Å². The SMILES string of the molecule is COc1ncc(NC(=O)c2c3c(nn2C)CCC3)cc1S(=O)(=O)Nc1c(C)cccc1C. The normalized spacial score (nSPS) is 13.0. The first kappa shape index (κ1) is 21.8. The number of nitrogens with one attached hydrogen (secondary N) is 2. The van der Waals surface area contributed by atoms with Gasteiger partial charge in [0.25, 0.3) is 15.9 Å². The van der Waals surface area contributed by atoms with Crippen LogP contribution >= 0.6 is 0 Å². The largest absolute Gasteiger partial charge is 0.480 e. The Kier molecular flexibility index (Phi) is 5.64. The molecule has 168 valence electrons. The number of anilines is 2. The average molecular weight is 456 g/mol. The second-order valence-corrected chi connectivity index (χ2v) is 9.46. The minimum Gasteiger partial charge on any atom is -0.480 e. The van der Waals surface area contributed by atoms with Gasteiger partial charge in [-0.2, -0.15) is 5.10 Å². The maximum Gasteiger partial charge on any atom is 0.274 e. The molecule has 0 atom stereocenters. The summed E-state index contributed by atoms with van der Waals surface area (Å²) < 4.78 is 35.8. The summed E-state index contributed by atoms with van der Waals surface area (Å²) >= 11 is 0. The van der Waals surface area contributed by atoms with Crippen LogP contribution in [-0.4, -0.2) is 36.2 Å². The van der Waals surface area contributed by atoms with Crippen LogP contribution in [0.4, 0.5) is 11.4 Å². The first-order valence-electron chi connectivity index (χ1n) is 10.2. The van der Waals surface area contributed by atoms with Crippen molar-refractivity contribution in [1.29, 1.82) is 0 Å². The highest BCUT2D eigenvalue weighted by molar-refractivity contribution is 7.92. The van der Waals surface area contributed by atoms with Crippen LogP contribution in [0.3, 0.4) is 0 Å². The van der Waals surface area contributed by atoms with Crippen LogP contribution in [0.15, 0.2) is 35.4 Å². The molecule has 10 heteroatoms. The molecule has 2 aromatic heterocycles. The van der Waals surface area contributed by atoms with Crippen LogP contribution in [0.1, 0.15) is 39.3 Å². The number of pyridine rings is 1. The molecule has 1 aromatic carbocycles. The summed E-state index contributed by atoms with van der Waals surface area (Å²) in [5, 5.41) is 7.17. The number of methoxy groups -OCH3 is 1. The van der Waals surface area contributed by atoms with Crippen molar-refractivity contribution in [3.63, 3.8) is 0 Å². The van der Waals surface area contributed by atoms with Gasteiger partial charge in [-0.1, -0.05) is 18.2 Å². The van der Waals surface area contributed by atoms with Crippen molar-refractivity contribution in [3.8, 4) is 5.88 Å². The van der Waals surface area contributed by atoms with E-state index in [0.717, 1.165) is 41.6 Å². The second-order valence-electron chi connectivity index (χ2n) is 7.81. The molecule has 0 unspecified atom stereocenters. The number of ether oxygens (including phenoxy) is 1. The molecule has 1 amide bonds. The number of benzene rings is 1. The fourth-order valence-corrected chi connectivity index (χ4v) is 5.35. The van der Waals surface area contributed by atoms with Gasteiger partial charge in [0.05, 0.1) is 30.4 Å². The molecule has 0 saturated carbocycles. The van der Waals surface area contributed by atoms with Gasteiger partial charge in [0.15, 0.2) is 4.90 Å². The summed E-state index contributed by atoms with van der Waals surface area (Å²) in [6, 6.07) is 6.85. The minimum absolute atomic E-state index is 0.0665. The van der Waals surface area contributed by atoms with Crippen molar-refractivity contribution in [2.45, 2.75) is 38.0 Å². The van der Waals surface area contributed by atoms with Gasteiger partial charge in [-0.3, -0.25) is 14.2 Å². The van der Waals surface area contributed by atoms with Crippen LogP contribution in [0.5, 0.6) is 5.88 Å². The Labute approximate surface area is 186 Å². The number of rotatable bonds is 6. The third-order valence-corrected chi connectivity index (χ3v) is 6.90. The lowest BCUT2D eigenvalue weighted by molar-refractivity contribution is 0.101. The van der Waals surface area contributed by atoms with Gasteiger partial charge in [-0.05, 0) is 50.3 Å². The quantitative estimate of drug-likeness (QED) is 0.590. The summed E-state index contributed by atoms with van der Waals surface area (Å²) in [4.78, 5) is 16.9. The zero-order valence-electron chi connectivity index (χ0n) is 18.4. The van der Waals surface area contributed by atoms with Gasteiger partial charge < -0.3 is 10.1 Å².